The number of hydrogen-bond acceptors (Lipinski definition) is 8. The summed E-state index contributed by atoms with van der Waals surface area (Å²) in [5.41, 5.74) is -1.40. The highest BCUT2D eigenvalue weighted by Crippen LogP contribution is 2.63. The number of fused-ring (bicyclic) bond motifs is 1. The van der Waals surface area contributed by atoms with E-state index in [-0.39, 0.29) is 18.1 Å². The van der Waals surface area contributed by atoms with E-state index in [0.717, 1.165) is 18.4 Å². The number of pyridine rings is 1. The van der Waals surface area contributed by atoms with E-state index in [2.05, 4.69) is 11.1 Å². The van der Waals surface area contributed by atoms with Crippen LogP contribution in [-0.4, -0.2) is 52.4 Å². The molecule has 1 aromatic heterocycles. The van der Waals surface area contributed by atoms with E-state index in [1.165, 1.54) is 19.2 Å². The standard InChI is InChI=1S/C28H33NO7/c1-17-8-6-10-21-26(3,12-11-19-14-22(31)34-16-19)28(5,33)24(23(27(17,21)4)35-18(2)30)36-25(32)20-9-7-13-29-15-20/h7-9,11-15,21,23-24,33H,6,10,16H2,1-5H3/b12-11+/t21-,23+,24+,26+,27+,28+/m1/s1. The lowest BCUT2D eigenvalue weighted by Crippen LogP contribution is -2.72. The average molecular weight is 496 g/mol. The molecule has 0 spiro atoms. The van der Waals surface area contributed by atoms with Crippen LogP contribution in [0.2, 0.25) is 0 Å². The quantitative estimate of drug-likeness (QED) is 0.374. The predicted octanol–water partition coefficient (Wildman–Crippen LogP) is 3.71. The van der Waals surface area contributed by atoms with Gasteiger partial charge in [0.05, 0.1) is 5.56 Å². The third-order valence-corrected chi connectivity index (χ3v) is 8.47. The number of nitrogens with zero attached hydrogens (tertiary/aromatic N) is 1. The van der Waals surface area contributed by atoms with Crippen molar-refractivity contribution in [2.24, 2.45) is 16.7 Å². The molecule has 3 aliphatic rings. The monoisotopic (exact) mass is 495 g/mol. The van der Waals surface area contributed by atoms with Gasteiger partial charge in [0, 0.05) is 36.2 Å². The number of esters is 3. The molecule has 36 heavy (non-hydrogen) atoms. The molecule has 8 nitrogen and oxygen atoms in total. The van der Waals surface area contributed by atoms with E-state index in [9.17, 15) is 19.5 Å². The maximum absolute atomic E-state index is 13.2. The molecular formula is C28H33NO7. The lowest BCUT2D eigenvalue weighted by molar-refractivity contribution is -0.257. The zero-order valence-electron chi connectivity index (χ0n) is 21.3. The zero-order chi connectivity index (χ0) is 26.3. The zero-order valence-corrected chi connectivity index (χ0v) is 21.3. The number of cyclic esters (lactones) is 1. The maximum atomic E-state index is 13.2. The largest absolute Gasteiger partial charge is 0.458 e. The molecule has 6 atom stereocenters. The molecule has 1 fully saturated rings. The molecule has 8 heteroatoms. The number of ether oxygens (including phenoxy) is 3. The molecule has 4 rings (SSSR count). The number of aromatic nitrogens is 1. The fourth-order valence-electron chi connectivity index (χ4n) is 6.13. The summed E-state index contributed by atoms with van der Waals surface area (Å²) in [5.74, 6) is -1.77. The lowest BCUT2D eigenvalue weighted by atomic mass is 9.44. The maximum Gasteiger partial charge on any atom is 0.340 e. The summed E-state index contributed by atoms with van der Waals surface area (Å²) in [7, 11) is 0. The fourth-order valence-corrected chi connectivity index (χ4v) is 6.13. The third-order valence-electron chi connectivity index (χ3n) is 8.47. The first-order valence-corrected chi connectivity index (χ1v) is 12.2. The van der Waals surface area contributed by atoms with Crippen LogP contribution in [0, 0.1) is 16.7 Å². The Labute approximate surface area is 211 Å². The predicted molar refractivity (Wildman–Crippen MR) is 130 cm³/mol. The average Bonchev–Trinajstić information content (AvgIpc) is 3.25. The first-order valence-electron chi connectivity index (χ1n) is 12.2. The Bertz CT molecular complexity index is 1150. The van der Waals surface area contributed by atoms with Gasteiger partial charge in [0.2, 0.25) is 0 Å². The minimum absolute atomic E-state index is 0.157. The molecule has 1 saturated carbocycles. The highest BCUT2D eigenvalue weighted by Gasteiger charge is 2.69. The smallest absolute Gasteiger partial charge is 0.340 e. The molecule has 2 aliphatic carbocycles. The minimum atomic E-state index is -1.65. The molecule has 0 amide bonds. The van der Waals surface area contributed by atoms with Gasteiger partial charge in [-0.05, 0) is 50.3 Å². The van der Waals surface area contributed by atoms with Gasteiger partial charge in [0.25, 0.3) is 0 Å². The van der Waals surface area contributed by atoms with Gasteiger partial charge in [-0.15, -0.1) is 0 Å². The second kappa shape index (κ2) is 9.32. The van der Waals surface area contributed by atoms with Gasteiger partial charge in [-0.25, -0.2) is 9.59 Å². The summed E-state index contributed by atoms with van der Waals surface area (Å²) in [4.78, 5) is 41.1. The van der Waals surface area contributed by atoms with Crippen molar-refractivity contribution in [3.05, 3.63) is 65.5 Å². The Balaban J connectivity index is 1.85. The highest BCUT2D eigenvalue weighted by atomic mass is 16.6. The summed E-state index contributed by atoms with van der Waals surface area (Å²) < 4.78 is 16.9. The van der Waals surface area contributed by atoms with E-state index in [1.807, 2.05) is 26.8 Å². The number of carbonyl (C=O) groups is 3. The van der Waals surface area contributed by atoms with Crippen molar-refractivity contribution in [3.8, 4) is 0 Å². The van der Waals surface area contributed by atoms with E-state index >= 15 is 0 Å². The van der Waals surface area contributed by atoms with E-state index in [1.54, 1.807) is 31.3 Å². The molecule has 192 valence electrons. The summed E-state index contributed by atoms with van der Waals surface area (Å²) in [6.07, 6.45) is 9.55. The van der Waals surface area contributed by atoms with Crippen LogP contribution in [-0.2, 0) is 23.8 Å². The SMILES string of the molecule is CC(=O)O[C@H]1[C@H](OC(=O)c2cccnc2)[C@](C)(O)[C@@](C)(/C=C/C2=CC(=O)OC2)[C@H]2CCC=C(C)[C@]12C. The lowest BCUT2D eigenvalue weighted by Gasteiger charge is -2.64. The van der Waals surface area contributed by atoms with Crippen molar-refractivity contribution in [2.45, 2.75) is 65.3 Å². The van der Waals surface area contributed by atoms with Crippen LogP contribution in [0.25, 0.3) is 0 Å². The van der Waals surface area contributed by atoms with Crippen molar-refractivity contribution >= 4 is 17.9 Å². The van der Waals surface area contributed by atoms with Crippen LogP contribution in [0.15, 0.2) is 60.0 Å². The van der Waals surface area contributed by atoms with Crippen molar-refractivity contribution in [2.75, 3.05) is 6.61 Å². The van der Waals surface area contributed by atoms with E-state index in [0.29, 0.717) is 5.57 Å². The molecule has 1 N–H and O–H groups in total. The van der Waals surface area contributed by atoms with Gasteiger partial charge in [-0.1, -0.05) is 37.6 Å². The van der Waals surface area contributed by atoms with Crippen molar-refractivity contribution in [3.63, 3.8) is 0 Å². The molecule has 0 aromatic carbocycles. The first-order chi connectivity index (χ1) is 16.9. The fraction of sp³-hybridized carbons (Fsp3) is 0.500. The van der Waals surface area contributed by atoms with Crippen molar-refractivity contribution < 1.29 is 33.7 Å². The van der Waals surface area contributed by atoms with Crippen LogP contribution < -0.4 is 0 Å². The van der Waals surface area contributed by atoms with Crippen LogP contribution in [0.3, 0.4) is 0 Å². The van der Waals surface area contributed by atoms with Gasteiger partial charge in [0.15, 0.2) is 12.2 Å². The van der Waals surface area contributed by atoms with Crippen LogP contribution >= 0.6 is 0 Å². The van der Waals surface area contributed by atoms with Crippen LogP contribution in [0.4, 0.5) is 0 Å². The van der Waals surface area contributed by atoms with Crippen molar-refractivity contribution in [1.29, 1.82) is 0 Å². The van der Waals surface area contributed by atoms with Gasteiger partial charge in [0.1, 0.15) is 12.2 Å². The topological polar surface area (TPSA) is 112 Å². The second-order valence-electron chi connectivity index (χ2n) is 10.5. The van der Waals surface area contributed by atoms with Gasteiger partial charge in [-0.2, -0.15) is 0 Å². The number of carbonyl (C=O) groups excluding carboxylic acids is 3. The molecular weight excluding hydrogens is 462 g/mol. The molecule has 0 radical (unpaired) electrons. The first kappa shape index (κ1) is 25.8. The molecule has 0 saturated heterocycles. The Morgan fingerprint density at radius 3 is 2.58 bits per heavy atom. The highest BCUT2D eigenvalue weighted by molar-refractivity contribution is 5.89. The molecule has 0 unspecified atom stereocenters. The summed E-state index contributed by atoms with van der Waals surface area (Å²) in [5, 5.41) is 12.2. The number of allylic oxidation sites excluding steroid dienone is 1. The van der Waals surface area contributed by atoms with Crippen LogP contribution in [0.1, 0.15) is 57.8 Å². The van der Waals surface area contributed by atoms with E-state index < -0.39 is 46.5 Å². The molecule has 1 aliphatic heterocycles. The van der Waals surface area contributed by atoms with Crippen LogP contribution in [0.5, 0.6) is 0 Å². The van der Waals surface area contributed by atoms with E-state index in [4.69, 9.17) is 14.2 Å². The Morgan fingerprint density at radius 2 is 1.97 bits per heavy atom. The number of aliphatic hydroxyl groups is 1. The van der Waals surface area contributed by atoms with Crippen molar-refractivity contribution in [1.82, 2.24) is 4.98 Å². The van der Waals surface area contributed by atoms with Gasteiger partial charge >= 0.3 is 17.9 Å². The Kier molecular flexibility index (Phi) is 6.68. The Hall–Kier alpha value is -3.26. The molecule has 2 heterocycles. The second-order valence-corrected chi connectivity index (χ2v) is 10.5. The number of hydrogen-bond donors (Lipinski definition) is 1. The molecule has 0 bridgehead atoms. The summed E-state index contributed by atoms with van der Waals surface area (Å²) in [6.45, 7) is 9.00. The Morgan fingerprint density at radius 1 is 1.22 bits per heavy atom. The van der Waals surface area contributed by atoms with Gasteiger partial charge < -0.3 is 19.3 Å². The molecule has 1 aromatic rings. The normalized spacial score (nSPS) is 35.9. The number of rotatable bonds is 5. The summed E-state index contributed by atoms with van der Waals surface area (Å²) in [6, 6.07) is 3.20. The van der Waals surface area contributed by atoms with Gasteiger partial charge in [-0.3, -0.25) is 9.78 Å². The summed E-state index contributed by atoms with van der Waals surface area (Å²) >= 11 is 0. The third kappa shape index (κ3) is 4.17. The minimum Gasteiger partial charge on any atom is -0.458 e.